The second-order valence-corrected chi connectivity index (χ2v) is 14.5. The minimum absolute atomic E-state index is 0.647. The van der Waals surface area contributed by atoms with Crippen molar-refractivity contribution in [3.05, 3.63) is 194 Å². The molecule has 0 saturated carbocycles. The summed E-state index contributed by atoms with van der Waals surface area (Å²) in [7, 11) is 0. The van der Waals surface area contributed by atoms with Crippen LogP contribution in [0.5, 0.6) is 0 Å². The normalized spacial score (nSPS) is 11.3. The highest BCUT2D eigenvalue weighted by atomic mass is 32.1. The third kappa shape index (κ3) is 6.37. The van der Waals surface area contributed by atoms with E-state index in [2.05, 4.69) is 146 Å². The van der Waals surface area contributed by atoms with Gasteiger partial charge in [0.05, 0.1) is 22.8 Å². The fourth-order valence-corrected chi connectivity index (χ4v) is 8.33. The molecule has 0 amide bonds. The largest absolute Gasteiger partial charge is 0.228 e. The van der Waals surface area contributed by atoms with Crippen LogP contribution in [0.1, 0.15) is 0 Å². The fraction of sp³-hybridized carbons (Fsp3) is 0. The van der Waals surface area contributed by atoms with Crippen LogP contribution in [0, 0.1) is 0 Å². The lowest BCUT2D eigenvalue weighted by atomic mass is 9.94. The van der Waals surface area contributed by atoms with Gasteiger partial charge in [-0.05, 0) is 41.5 Å². The van der Waals surface area contributed by atoms with Crippen LogP contribution < -0.4 is 0 Å². The molecule has 0 unspecified atom stereocenters. The highest BCUT2D eigenvalue weighted by Gasteiger charge is 2.19. The Kier molecular flexibility index (Phi) is 8.32. The molecular weight excluding hydrogens is 689 g/mol. The van der Waals surface area contributed by atoms with Crippen LogP contribution in [0.4, 0.5) is 0 Å². The third-order valence-electron chi connectivity index (χ3n) is 9.94. The zero-order chi connectivity index (χ0) is 36.6. The van der Waals surface area contributed by atoms with Gasteiger partial charge in [0, 0.05) is 53.6 Å². The highest BCUT2D eigenvalue weighted by Crippen LogP contribution is 2.41. The average Bonchev–Trinajstić information content (AvgIpc) is 3.65. The van der Waals surface area contributed by atoms with Crippen LogP contribution in [0.25, 0.3) is 99.1 Å². The van der Waals surface area contributed by atoms with E-state index in [9.17, 15) is 0 Å². The van der Waals surface area contributed by atoms with Crippen molar-refractivity contribution in [2.45, 2.75) is 0 Å². The number of hydrogen-bond acceptors (Lipinski definition) is 5. The maximum atomic E-state index is 5.31. The lowest BCUT2D eigenvalue weighted by Crippen LogP contribution is -1.99. The monoisotopic (exact) mass is 720 g/mol. The van der Waals surface area contributed by atoms with Gasteiger partial charge in [0.25, 0.3) is 0 Å². The Morgan fingerprint density at radius 3 is 1.31 bits per heavy atom. The molecule has 55 heavy (non-hydrogen) atoms. The van der Waals surface area contributed by atoms with E-state index in [1.54, 1.807) is 0 Å². The van der Waals surface area contributed by atoms with Gasteiger partial charge in [0.2, 0.25) is 0 Å². The summed E-state index contributed by atoms with van der Waals surface area (Å²) < 4.78 is 2.53. The minimum Gasteiger partial charge on any atom is -0.228 e. The number of nitrogens with zero attached hydrogens (tertiary/aromatic N) is 4. The van der Waals surface area contributed by atoms with Gasteiger partial charge >= 0.3 is 0 Å². The standard InChI is InChI=1S/C50H32N4S/c1-5-15-33(16-6-1)43-32-46(52-49(51-43)36-21-11-4-12-22-36)38-26-27-39(37-25-28-41-40-23-13-14-24-47(40)55-48(41)30-37)42(29-38)50-53-44(34-17-7-2-8-18-34)31-45(54-50)35-19-9-3-10-20-35/h1-32H. The second kappa shape index (κ2) is 14.0. The molecule has 0 N–H and O–H groups in total. The van der Waals surface area contributed by atoms with Gasteiger partial charge in [-0.25, -0.2) is 19.9 Å². The van der Waals surface area contributed by atoms with Crippen LogP contribution in [0.2, 0.25) is 0 Å². The fourth-order valence-electron chi connectivity index (χ4n) is 7.18. The molecule has 4 nitrogen and oxygen atoms in total. The predicted molar refractivity (Wildman–Crippen MR) is 229 cm³/mol. The van der Waals surface area contributed by atoms with Crippen molar-refractivity contribution in [3.63, 3.8) is 0 Å². The summed E-state index contributed by atoms with van der Waals surface area (Å²) >= 11 is 1.82. The first-order chi connectivity index (χ1) is 27.2. The smallest absolute Gasteiger partial charge is 0.161 e. The molecule has 258 valence electrons. The molecule has 0 aliphatic heterocycles. The van der Waals surface area contributed by atoms with E-state index >= 15 is 0 Å². The summed E-state index contributed by atoms with van der Waals surface area (Å²) in [5.41, 5.74) is 11.5. The van der Waals surface area contributed by atoms with E-state index < -0.39 is 0 Å². The molecule has 3 aromatic heterocycles. The molecule has 0 fully saturated rings. The van der Waals surface area contributed by atoms with Crippen LogP contribution in [0.15, 0.2) is 194 Å². The molecule has 0 bridgehead atoms. The highest BCUT2D eigenvalue weighted by molar-refractivity contribution is 7.25. The molecule has 10 aromatic rings. The minimum atomic E-state index is 0.647. The van der Waals surface area contributed by atoms with Crippen LogP contribution in [-0.2, 0) is 0 Å². The van der Waals surface area contributed by atoms with E-state index in [1.165, 1.54) is 20.2 Å². The zero-order valence-electron chi connectivity index (χ0n) is 29.7. The van der Waals surface area contributed by atoms with E-state index in [4.69, 9.17) is 19.9 Å². The first-order valence-corrected chi connectivity index (χ1v) is 19.1. The summed E-state index contributed by atoms with van der Waals surface area (Å²) in [5.74, 6) is 1.32. The topological polar surface area (TPSA) is 51.6 Å². The van der Waals surface area contributed by atoms with Crippen molar-refractivity contribution in [2.75, 3.05) is 0 Å². The molecule has 0 saturated heterocycles. The number of aromatic nitrogens is 4. The second-order valence-electron chi connectivity index (χ2n) is 13.5. The third-order valence-corrected chi connectivity index (χ3v) is 11.1. The maximum absolute atomic E-state index is 5.31. The van der Waals surface area contributed by atoms with Gasteiger partial charge in [-0.3, -0.25) is 0 Å². The molecule has 0 aliphatic carbocycles. The Morgan fingerprint density at radius 2 is 0.727 bits per heavy atom. The molecule has 0 aliphatic rings. The van der Waals surface area contributed by atoms with Gasteiger partial charge < -0.3 is 0 Å². The Bertz CT molecular complexity index is 2850. The lowest BCUT2D eigenvalue weighted by Gasteiger charge is -2.15. The number of hydrogen-bond donors (Lipinski definition) is 0. The predicted octanol–water partition coefficient (Wildman–Crippen LogP) is 13.3. The number of benzene rings is 7. The van der Waals surface area contributed by atoms with Gasteiger partial charge in [-0.15, -0.1) is 11.3 Å². The van der Waals surface area contributed by atoms with Crippen molar-refractivity contribution in [1.29, 1.82) is 0 Å². The van der Waals surface area contributed by atoms with Crippen LogP contribution in [-0.4, -0.2) is 19.9 Å². The number of rotatable bonds is 7. The van der Waals surface area contributed by atoms with E-state index in [-0.39, 0.29) is 0 Å². The van der Waals surface area contributed by atoms with Gasteiger partial charge in [0.1, 0.15) is 0 Å². The van der Waals surface area contributed by atoms with Crippen molar-refractivity contribution in [2.24, 2.45) is 0 Å². The van der Waals surface area contributed by atoms with Crippen molar-refractivity contribution >= 4 is 31.5 Å². The number of thiophene rings is 1. The van der Waals surface area contributed by atoms with E-state index in [0.29, 0.717) is 11.6 Å². The Hall–Kier alpha value is -7.08. The van der Waals surface area contributed by atoms with Crippen molar-refractivity contribution in [1.82, 2.24) is 19.9 Å². The summed E-state index contributed by atoms with van der Waals surface area (Å²) in [4.78, 5) is 20.8. The summed E-state index contributed by atoms with van der Waals surface area (Å²) in [5, 5.41) is 2.54. The van der Waals surface area contributed by atoms with Gasteiger partial charge in [-0.1, -0.05) is 164 Å². The SMILES string of the molecule is c1ccc(-c2cc(-c3ccc(-c4ccc5c(c4)sc4ccccc45)c(-c4nc(-c5ccccc5)cc(-c5ccccc5)n4)c3)nc(-c3ccccc3)n2)cc1. The summed E-state index contributed by atoms with van der Waals surface area (Å²) in [6, 6.07) is 67.3. The Labute approximate surface area is 323 Å². The summed E-state index contributed by atoms with van der Waals surface area (Å²) in [6.45, 7) is 0. The molecule has 0 radical (unpaired) electrons. The van der Waals surface area contributed by atoms with Crippen molar-refractivity contribution in [3.8, 4) is 78.9 Å². The molecule has 0 spiro atoms. The quantitative estimate of drug-likeness (QED) is 0.164. The maximum Gasteiger partial charge on any atom is 0.161 e. The number of fused-ring (bicyclic) bond motifs is 3. The summed E-state index contributed by atoms with van der Waals surface area (Å²) in [6.07, 6.45) is 0. The van der Waals surface area contributed by atoms with E-state index in [0.717, 1.165) is 67.3 Å². The molecule has 10 rings (SSSR count). The van der Waals surface area contributed by atoms with E-state index in [1.807, 2.05) is 59.9 Å². The lowest BCUT2D eigenvalue weighted by molar-refractivity contribution is 1.17. The van der Waals surface area contributed by atoms with Gasteiger partial charge in [0.15, 0.2) is 11.6 Å². The molecular formula is C50H32N4S. The Balaban J connectivity index is 1.22. The average molecular weight is 721 g/mol. The molecule has 0 atom stereocenters. The molecule has 5 heteroatoms. The molecule has 7 aromatic carbocycles. The molecule has 3 heterocycles. The van der Waals surface area contributed by atoms with Crippen LogP contribution in [0.3, 0.4) is 0 Å². The van der Waals surface area contributed by atoms with Gasteiger partial charge in [-0.2, -0.15) is 0 Å². The van der Waals surface area contributed by atoms with Crippen molar-refractivity contribution < 1.29 is 0 Å². The Morgan fingerprint density at radius 1 is 0.273 bits per heavy atom. The van der Waals surface area contributed by atoms with Crippen LogP contribution >= 0.6 is 11.3 Å². The first-order valence-electron chi connectivity index (χ1n) is 18.3. The first kappa shape index (κ1) is 32.6. The zero-order valence-corrected chi connectivity index (χ0v) is 30.5.